The summed E-state index contributed by atoms with van der Waals surface area (Å²) in [4.78, 5) is 54.2. The zero-order chi connectivity index (χ0) is 24.3. The van der Waals surface area contributed by atoms with Gasteiger partial charge in [-0.15, -0.1) is 0 Å². The molecule has 3 rings (SSSR count). The maximum absolute atomic E-state index is 13.4. The molecule has 0 saturated carbocycles. The van der Waals surface area contributed by atoms with Crippen molar-refractivity contribution in [3.05, 3.63) is 45.6 Å². The highest BCUT2D eigenvalue weighted by Crippen LogP contribution is 2.28. The van der Waals surface area contributed by atoms with Gasteiger partial charge < -0.3 is 19.4 Å². The molecule has 0 spiro atoms. The zero-order valence-corrected chi connectivity index (χ0v) is 19.0. The van der Waals surface area contributed by atoms with Crippen LogP contribution >= 0.6 is 0 Å². The number of Topliss-reactive ketones (excluding diaryl/α,β-unsaturated/α-hetero) is 2. The number of morpholine rings is 1. The number of nitro groups is 1. The molecule has 1 aromatic carbocycles. The van der Waals surface area contributed by atoms with E-state index < -0.39 is 28.1 Å². The zero-order valence-electron chi connectivity index (χ0n) is 19.0. The van der Waals surface area contributed by atoms with Crippen molar-refractivity contribution in [2.45, 2.75) is 39.8 Å². The monoisotopic (exact) mass is 458 g/mol. The lowest BCUT2D eigenvalue weighted by Crippen LogP contribution is -2.54. The van der Waals surface area contributed by atoms with E-state index in [0.29, 0.717) is 49.3 Å². The van der Waals surface area contributed by atoms with Crippen molar-refractivity contribution in [3.8, 4) is 0 Å². The van der Waals surface area contributed by atoms with Gasteiger partial charge in [-0.05, 0) is 43.9 Å². The largest absolute Gasteiger partial charge is 0.458 e. The van der Waals surface area contributed by atoms with Gasteiger partial charge in [-0.1, -0.05) is 0 Å². The van der Waals surface area contributed by atoms with E-state index in [9.17, 15) is 24.5 Å². The molecule has 0 aliphatic carbocycles. The summed E-state index contributed by atoms with van der Waals surface area (Å²) in [6.07, 6.45) is 1.47. The minimum atomic E-state index is -1.12. The van der Waals surface area contributed by atoms with Crippen molar-refractivity contribution in [1.82, 2.24) is 9.47 Å². The van der Waals surface area contributed by atoms with Crippen LogP contribution in [0.25, 0.3) is 10.9 Å². The second kappa shape index (κ2) is 9.59. The van der Waals surface area contributed by atoms with E-state index in [4.69, 9.17) is 4.74 Å². The van der Waals surface area contributed by atoms with Crippen molar-refractivity contribution < 1.29 is 28.9 Å². The van der Waals surface area contributed by atoms with Crippen molar-refractivity contribution in [3.63, 3.8) is 0 Å². The molecule has 176 valence electrons. The van der Waals surface area contributed by atoms with Gasteiger partial charge in [0.05, 0.1) is 24.3 Å². The number of carbonyl (C=O) groups is 3. The Kier molecular flexibility index (Phi) is 7.04. The third-order valence-corrected chi connectivity index (χ3v) is 5.72. The summed E-state index contributed by atoms with van der Waals surface area (Å²) in [6.45, 7) is 9.36. The van der Waals surface area contributed by atoms with E-state index >= 15 is 0 Å². The molecule has 0 bridgehead atoms. The maximum Gasteiger partial charge on any atom is 0.458 e. The van der Waals surface area contributed by atoms with Crippen LogP contribution in [0.5, 0.6) is 0 Å². The van der Waals surface area contributed by atoms with Gasteiger partial charge in [-0.2, -0.15) is 0 Å². The molecule has 1 aliphatic rings. The Labute approximate surface area is 190 Å². The van der Waals surface area contributed by atoms with Gasteiger partial charge in [0.15, 0.2) is 10.9 Å². The van der Waals surface area contributed by atoms with Gasteiger partial charge in [-0.3, -0.25) is 14.5 Å². The maximum atomic E-state index is 13.4. The average molecular weight is 458 g/mol. The van der Waals surface area contributed by atoms with E-state index in [-0.39, 0.29) is 11.3 Å². The van der Waals surface area contributed by atoms with E-state index in [1.165, 1.54) is 6.20 Å². The molecule has 1 aromatic heterocycles. The first kappa shape index (κ1) is 24.2. The fourth-order valence-corrected chi connectivity index (χ4v) is 3.89. The molecule has 1 saturated heterocycles. The standard InChI is InChI=1S/C22H26N4O7/c1-5-24-13-17(19(28)21(26(30)31)23-33-14(2)27)16-12-15(6-7-18(16)24)20(29)22(3,4)25-8-10-32-11-9-25/h6-7,12-13H,5,8-11H2,1-4H3/b23-21-. The predicted molar refractivity (Wildman–Crippen MR) is 119 cm³/mol. The number of hydrogen-bond donors (Lipinski definition) is 0. The fraction of sp³-hybridized carbons (Fsp3) is 0.455. The normalized spacial score (nSPS) is 15.5. The average Bonchev–Trinajstić information content (AvgIpc) is 3.16. The number of benzene rings is 1. The van der Waals surface area contributed by atoms with Gasteiger partial charge >= 0.3 is 11.8 Å². The second-order valence-corrected chi connectivity index (χ2v) is 8.13. The van der Waals surface area contributed by atoms with Crippen LogP contribution in [0.3, 0.4) is 0 Å². The number of rotatable bonds is 7. The summed E-state index contributed by atoms with van der Waals surface area (Å²) >= 11 is 0. The van der Waals surface area contributed by atoms with Gasteiger partial charge in [-0.25, -0.2) is 9.63 Å². The van der Waals surface area contributed by atoms with Crippen LogP contribution in [0.2, 0.25) is 0 Å². The molecule has 33 heavy (non-hydrogen) atoms. The first-order chi connectivity index (χ1) is 15.6. The number of amidine groups is 1. The van der Waals surface area contributed by atoms with Crippen LogP contribution in [0.4, 0.5) is 0 Å². The summed E-state index contributed by atoms with van der Waals surface area (Å²) < 4.78 is 7.12. The van der Waals surface area contributed by atoms with Gasteiger partial charge in [0.2, 0.25) is 0 Å². The summed E-state index contributed by atoms with van der Waals surface area (Å²) in [5.74, 6) is -3.17. The molecule has 1 aliphatic heterocycles. The number of nitrogens with zero attached hydrogens (tertiary/aromatic N) is 4. The number of oxime groups is 1. The Bertz CT molecular complexity index is 1140. The Hall–Kier alpha value is -3.44. The summed E-state index contributed by atoms with van der Waals surface area (Å²) in [5.41, 5.74) is 0.198. The highest BCUT2D eigenvalue weighted by molar-refractivity contribution is 6.44. The Balaban J connectivity index is 2.07. The van der Waals surface area contributed by atoms with E-state index in [0.717, 1.165) is 6.92 Å². The minimum Gasteiger partial charge on any atom is -0.379 e. The van der Waals surface area contributed by atoms with Crippen molar-refractivity contribution in [1.29, 1.82) is 0 Å². The third kappa shape index (κ3) is 4.83. The first-order valence-electron chi connectivity index (χ1n) is 10.5. The molecule has 0 N–H and O–H groups in total. The molecule has 0 unspecified atom stereocenters. The van der Waals surface area contributed by atoms with Crippen LogP contribution in [0.15, 0.2) is 29.6 Å². The molecular weight excluding hydrogens is 432 g/mol. The Morgan fingerprint density at radius 3 is 2.48 bits per heavy atom. The molecule has 2 heterocycles. The number of carbonyl (C=O) groups excluding carboxylic acids is 3. The van der Waals surface area contributed by atoms with Crippen molar-refractivity contribution in [2.75, 3.05) is 26.3 Å². The van der Waals surface area contributed by atoms with Crippen LogP contribution < -0.4 is 0 Å². The Morgan fingerprint density at radius 1 is 1.24 bits per heavy atom. The number of ketones is 2. The lowest BCUT2D eigenvalue weighted by Gasteiger charge is -2.39. The quantitative estimate of drug-likeness (QED) is 0.154. The van der Waals surface area contributed by atoms with Gasteiger partial charge in [0.25, 0.3) is 5.78 Å². The number of ether oxygens (including phenoxy) is 1. The Morgan fingerprint density at radius 2 is 1.91 bits per heavy atom. The highest BCUT2D eigenvalue weighted by Gasteiger charge is 2.37. The summed E-state index contributed by atoms with van der Waals surface area (Å²) in [7, 11) is 0. The highest BCUT2D eigenvalue weighted by atomic mass is 16.7. The number of hydrogen-bond acceptors (Lipinski definition) is 9. The molecular formula is C22H26N4O7. The first-order valence-corrected chi connectivity index (χ1v) is 10.5. The third-order valence-electron chi connectivity index (χ3n) is 5.72. The fourth-order valence-electron chi connectivity index (χ4n) is 3.89. The summed E-state index contributed by atoms with van der Waals surface area (Å²) in [6, 6.07) is 4.98. The number of aromatic nitrogens is 1. The van der Waals surface area contributed by atoms with Crippen LogP contribution in [0, 0.1) is 10.1 Å². The van der Waals surface area contributed by atoms with E-state index in [1.807, 2.05) is 25.7 Å². The van der Waals surface area contributed by atoms with Gasteiger partial charge in [0.1, 0.15) is 0 Å². The molecule has 2 aromatic rings. The van der Waals surface area contributed by atoms with Crippen molar-refractivity contribution in [2.24, 2.45) is 5.16 Å². The summed E-state index contributed by atoms with van der Waals surface area (Å²) in [5, 5.41) is 14.9. The molecule has 0 radical (unpaired) electrons. The van der Waals surface area contributed by atoms with Crippen LogP contribution in [-0.2, 0) is 20.9 Å². The molecule has 11 nitrogen and oxygen atoms in total. The van der Waals surface area contributed by atoms with Crippen molar-refractivity contribution >= 4 is 34.3 Å². The van der Waals surface area contributed by atoms with E-state index in [1.54, 1.807) is 22.8 Å². The molecule has 0 atom stereocenters. The minimum absolute atomic E-state index is 0.00622. The van der Waals surface area contributed by atoms with Crippen LogP contribution in [0.1, 0.15) is 48.4 Å². The molecule has 1 fully saturated rings. The van der Waals surface area contributed by atoms with Gasteiger partial charge in [0, 0.05) is 49.2 Å². The molecule has 11 heteroatoms. The topological polar surface area (TPSA) is 133 Å². The SMILES string of the molecule is CCn1cc(C(=O)/C(=N/OC(C)=O)[N+](=O)[O-])c2cc(C(=O)C(C)(C)N3CCOCC3)ccc21. The number of aryl methyl sites for hydroxylation is 1. The van der Waals surface area contributed by atoms with E-state index in [2.05, 4.69) is 9.99 Å². The lowest BCUT2D eigenvalue weighted by atomic mass is 9.90. The number of fused-ring (bicyclic) bond motifs is 1. The smallest absolute Gasteiger partial charge is 0.379 e. The lowest BCUT2D eigenvalue weighted by molar-refractivity contribution is -0.349. The van der Waals surface area contributed by atoms with Crippen LogP contribution in [-0.4, -0.2) is 69.6 Å². The predicted octanol–water partition coefficient (Wildman–Crippen LogP) is 2.29. The second-order valence-electron chi connectivity index (χ2n) is 8.13. The molecule has 0 amide bonds.